The van der Waals surface area contributed by atoms with Gasteiger partial charge in [-0.25, -0.2) is 0 Å². The lowest BCUT2D eigenvalue weighted by molar-refractivity contribution is 0.391. The van der Waals surface area contributed by atoms with Gasteiger partial charge in [0.2, 0.25) is 0 Å². The van der Waals surface area contributed by atoms with Gasteiger partial charge in [-0.05, 0) is 31.5 Å². The standard InChI is InChI=1S/C19H18N4O2S/c1-13-6-3-4-8-17(13)18-20-21-19(23(18)11-15-7-5-9-24-15)26-12-16-10-14(2)22-25-16/h3-10H,11-12H2,1-2H3. The topological polar surface area (TPSA) is 69.9 Å². The van der Waals surface area contributed by atoms with Crippen LogP contribution in [0.5, 0.6) is 0 Å². The third kappa shape index (κ3) is 3.43. The molecule has 0 fully saturated rings. The van der Waals surface area contributed by atoms with E-state index in [1.165, 1.54) is 0 Å². The van der Waals surface area contributed by atoms with Crippen LogP contribution in [0.2, 0.25) is 0 Å². The van der Waals surface area contributed by atoms with Gasteiger partial charge in [-0.3, -0.25) is 4.57 Å². The summed E-state index contributed by atoms with van der Waals surface area (Å²) in [5, 5.41) is 13.6. The van der Waals surface area contributed by atoms with Gasteiger partial charge >= 0.3 is 0 Å². The van der Waals surface area contributed by atoms with E-state index < -0.39 is 0 Å². The van der Waals surface area contributed by atoms with E-state index >= 15 is 0 Å². The molecule has 0 unspecified atom stereocenters. The fourth-order valence-electron chi connectivity index (χ4n) is 2.74. The van der Waals surface area contributed by atoms with Crippen molar-refractivity contribution in [1.29, 1.82) is 0 Å². The van der Waals surface area contributed by atoms with E-state index in [1.54, 1.807) is 18.0 Å². The SMILES string of the molecule is Cc1cc(CSc2nnc(-c3ccccc3C)n2Cc2ccco2)on1. The largest absolute Gasteiger partial charge is 0.467 e. The van der Waals surface area contributed by atoms with Gasteiger partial charge < -0.3 is 8.94 Å². The first-order valence-corrected chi connectivity index (χ1v) is 9.26. The highest BCUT2D eigenvalue weighted by Crippen LogP contribution is 2.29. The van der Waals surface area contributed by atoms with Crippen LogP contribution in [0, 0.1) is 13.8 Å². The molecule has 0 saturated carbocycles. The fourth-order valence-corrected chi connectivity index (χ4v) is 3.55. The zero-order valence-electron chi connectivity index (χ0n) is 14.5. The van der Waals surface area contributed by atoms with Crippen LogP contribution in [0.4, 0.5) is 0 Å². The summed E-state index contributed by atoms with van der Waals surface area (Å²) in [6, 6.07) is 13.9. The van der Waals surface area contributed by atoms with Gasteiger partial charge in [-0.15, -0.1) is 10.2 Å². The molecule has 132 valence electrons. The summed E-state index contributed by atoms with van der Waals surface area (Å²) in [5.41, 5.74) is 3.09. The minimum Gasteiger partial charge on any atom is -0.467 e. The maximum absolute atomic E-state index is 5.53. The van der Waals surface area contributed by atoms with Gasteiger partial charge in [-0.1, -0.05) is 41.2 Å². The van der Waals surface area contributed by atoms with Crippen LogP contribution >= 0.6 is 11.8 Å². The lowest BCUT2D eigenvalue weighted by Crippen LogP contribution is -2.04. The molecule has 7 heteroatoms. The fraction of sp³-hybridized carbons (Fsp3) is 0.211. The molecule has 0 spiro atoms. The molecule has 0 aliphatic rings. The van der Waals surface area contributed by atoms with Crippen LogP contribution in [-0.4, -0.2) is 19.9 Å². The lowest BCUT2D eigenvalue weighted by Gasteiger charge is -2.10. The van der Waals surface area contributed by atoms with Crippen molar-refractivity contribution in [3.05, 3.63) is 71.5 Å². The van der Waals surface area contributed by atoms with Gasteiger partial charge in [0.25, 0.3) is 0 Å². The molecule has 0 radical (unpaired) electrons. The molecule has 0 atom stereocenters. The molecule has 0 amide bonds. The number of rotatable bonds is 6. The van der Waals surface area contributed by atoms with E-state index in [1.807, 2.05) is 37.3 Å². The van der Waals surface area contributed by atoms with E-state index in [0.29, 0.717) is 12.3 Å². The Morgan fingerprint density at radius 3 is 2.65 bits per heavy atom. The molecule has 4 aromatic rings. The average Bonchev–Trinajstić information content (AvgIpc) is 3.37. The van der Waals surface area contributed by atoms with Crippen molar-refractivity contribution in [3.8, 4) is 11.4 Å². The molecule has 6 nitrogen and oxygen atoms in total. The molecule has 0 aliphatic carbocycles. The second kappa shape index (κ2) is 7.21. The van der Waals surface area contributed by atoms with Gasteiger partial charge in [0.1, 0.15) is 11.5 Å². The van der Waals surface area contributed by atoms with Crippen molar-refractivity contribution in [1.82, 2.24) is 19.9 Å². The highest BCUT2D eigenvalue weighted by atomic mass is 32.2. The highest BCUT2D eigenvalue weighted by molar-refractivity contribution is 7.98. The number of nitrogens with zero attached hydrogens (tertiary/aromatic N) is 4. The molecule has 0 saturated heterocycles. The van der Waals surface area contributed by atoms with E-state index in [9.17, 15) is 0 Å². The number of hydrogen-bond donors (Lipinski definition) is 0. The summed E-state index contributed by atoms with van der Waals surface area (Å²) in [7, 11) is 0. The second-order valence-electron chi connectivity index (χ2n) is 6.01. The maximum atomic E-state index is 5.53. The Labute approximate surface area is 155 Å². The monoisotopic (exact) mass is 366 g/mol. The smallest absolute Gasteiger partial charge is 0.192 e. The van der Waals surface area contributed by atoms with E-state index in [-0.39, 0.29) is 0 Å². The molecule has 0 aliphatic heterocycles. The first kappa shape index (κ1) is 16.7. The summed E-state index contributed by atoms with van der Waals surface area (Å²) in [4.78, 5) is 0. The van der Waals surface area contributed by atoms with Gasteiger partial charge in [-0.2, -0.15) is 0 Å². The van der Waals surface area contributed by atoms with Crippen LogP contribution in [0.3, 0.4) is 0 Å². The Bertz CT molecular complexity index is 1000. The molecule has 4 rings (SSSR count). The molecule has 3 heterocycles. The molecule has 0 bridgehead atoms. The Hall–Kier alpha value is -2.80. The number of benzene rings is 1. The molecule has 1 aromatic carbocycles. The summed E-state index contributed by atoms with van der Waals surface area (Å²) >= 11 is 1.57. The number of aromatic nitrogens is 4. The van der Waals surface area contributed by atoms with Crippen molar-refractivity contribution in [3.63, 3.8) is 0 Å². The second-order valence-corrected chi connectivity index (χ2v) is 6.95. The molecule has 26 heavy (non-hydrogen) atoms. The third-order valence-electron chi connectivity index (χ3n) is 4.02. The van der Waals surface area contributed by atoms with Crippen molar-refractivity contribution < 1.29 is 8.94 Å². The number of aryl methyl sites for hydroxylation is 2. The number of thioether (sulfide) groups is 1. The van der Waals surface area contributed by atoms with Crippen molar-refractivity contribution in [2.75, 3.05) is 0 Å². The summed E-state index contributed by atoms with van der Waals surface area (Å²) in [5.74, 6) is 3.15. The summed E-state index contributed by atoms with van der Waals surface area (Å²) < 4.78 is 12.9. The molecular weight excluding hydrogens is 348 g/mol. The number of hydrogen-bond acceptors (Lipinski definition) is 6. The molecular formula is C19H18N4O2S. The quantitative estimate of drug-likeness (QED) is 0.469. The Balaban J connectivity index is 1.68. The molecule has 0 N–H and O–H groups in total. The van der Waals surface area contributed by atoms with Crippen molar-refractivity contribution >= 4 is 11.8 Å². The summed E-state index contributed by atoms with van der Waals surface area (Å²) in [6.45, 7) is 4.56. The predicted molar refractivity (Wildman–Crippen MR) is 98.8 cm³/mol. The zero-order chi connectivity index (χ0) is 17.9. The molecule has 3 aromatic heterocycles. The highest BCUT2D eigenvalue weighted by Gasteiger charge is 2.17. The Morgan fingerprint density at radius 1 is 1.04 bits per heavy atom. The number of furan rings is 1. The summed E-state index contributed by atoms with van der Waals surface area (Å²) in [6.07, 6.45) is 1.68. The van der Waals surface area contributed by atoms with Gasteiger partial charge in [0.15, 0.2) is 11.0 Å². The van der Waals surface area contributed by atoms with Crippen LogP contribution in [0.15, 0.2) is 62.8 Å². The first-order valence-electron chi connectivity index (χ1n) is 8.27. The van der Waals surface area contributed by atoms with Gasteiger partial charge in [0.05, 0.1) is 24.3 Å². The van der Waals surface area contributed by atoms with E-state index in [4.69, 9.17) is 8.94 Å². The van der Waals surface area contributed by atoms with Crippen LogP contribution in [0.1, 0.15) is 22.8 Å². The van der Waals surface area contributed by atoms with E-state index in [0.717, 1.165) is 39.3 Å². The van der Waals surface area contributed by atoms with Crippen LogP contribution in [0.25, 0.3) is 11.4 Å². The normalized spacial score (nSPS) is 11.2. The third-order valence-corrected chi connectivity index (χ3v) is 5.01. The average molecular weight is 366 g/mol. The van der Waals surface area contributed by atoms with Crippen LogP contribution in [-0.2, 0) is 12.3 Å². The van der Waals surface area contributed by atoms with Gasteiger partial charge in [0, 0.05) is 11.6 Å². The Morgan fingerprint density at radius 2 is 1.92 bits per heavy atom. The minimum atomic E-state index is 0.571. The Kier molecular flexibility index (Phi) is 4.62. The predicted octanol–water partition coefficient (Wildman–Crippen LogP) is 4.48. The zero-order valence-corrected chi connectivity index (χ0v) is 15.4. The minimum absolute atomic E-state index is 0.571. The van der Waals surface area contributed by atoms with Crippen LogP contribution < -0.4 is 0 Å². The maximum Gasteiger partial charge on any atom is 0.192 e. The first-order chi connectivity index (χ1) is 12.7. The van der Waals surface area contributed by atoms with Crippen molar-refractivity contribution in [2.24, 2.45) is 0 Å². The van der Waals surface area contributed by atoms with Crippen molar-refractivity contribution in [2.45, 2.75) is 31.3 Å². The van der Waals surface area contributed by atoms with E-state index in [2.05, 4.69) is 39.0 Å². The lowest BCUT2D eigenvalue weighted by atomic mass is 10.1.